The second-order valence-electron chi connectivity index (χ2n) is 5.29. The number of rotatable bonds is 7. The zero-order valence-electron chi connectivity index (χ0n) is 11.6. The summed E-state index contributed by atoms with van der Waals surface area (Å²) in [6, 6.07) is 8.97. The van der Waals surface area contributed by atoms with Gasteiger partial charge >= 0.3 is 0 Å². The summed E-state index contributed by atoms with van der Waals surface area (Å²) in [4.78, 5) is 2.14. The highest BCUT2D eigenvalue weighted by Gasteiger charge is 2.37. The molecular weight excluding hydrogens is 224 g/mol. The van der Waals surface area contributed by atoms with Crippen molar-refractivity contribution in [2.24, 2.45) is 5.92 Å². The highest BCUT2D eigenvalue weighted by molar-refractivity contribution is 5.47. The number of hydrogen-bond donors (Lipinski definition) is 1. The fourth-order valence-corrected chi connectivity index (χ4v) is 2.36. The van der Waals surface area contributed by atoms with E-state index in [9.17, 15) is 0 Å². The Morgan fingerprint density at radius 2 is 2.00 bits per heavy atom. The molecule has 3 heteroatoms. The van der Waals surface area contributed by atoms with Crippen LogP contribution >= 0.6 is 0 Å². The number of nitrogens with zero attached hydrogens (tertiary/aromatic N) is 1. The molecule has 0 aromatic heterocycles. The van der Waals surface area contributed by atoms with Crippen LogP contribution in [-0.2, 0) is 4.74 Å². The highest BCUT2D eigenvalue weighted by atomic mass is 16.5. The predicted molar refractivity (Wildman–Crippen MR) is 76.4 cm³/mol. The van der Waals surface area contributed by atoms with Crippen molar-refractivity contribution in [3.8, 4) is 0 Å². The van der Waals surface area contributed by atoms with Crippen molar-refractivity contribution in [3.05, 3.63) is 29.8 Å². The zero-order chi connectivity index (χ0) is 13.0. The molecule has 1 aliphatic carbocycles. The molecule has 1 aliphatic rings. The molecule has 18 heavy (non-hydrogen) atoms. The fourth-order valence-electron chi connectivity index (χ4n) is 2.36. The molecule has 100 valence electrons. The molecule has 0 saturated heterocycles. The first-order valence-corrected chi connectivity index (χ1v) is 6.69. The van der Waals surface area contributed by atoms with Crippen molar-refractivity contribution in [1.82, 2.24) is 5.32 Å². The quantitative estimate of drug-likeness (QED) is 0.748. The Balaban J connectivity index is 1.77. The van der Waals surface area contributed by atoms with Gasteiger partial charge in [-0.05, 0) is 42.5 Å². The van der Waals surface area contributed by atoms with E-state index in [0.29, 0.717) is 0 Å². The summed E-state index contributed by atoms with van der Waals surface area (Å²) in [6.07, 6.45) is 1.32. The molecule has 1 aromatic carbocycles. The Hall–Kier alpha value is -1.06. The molecular formula is C15H24N2O. The Kier molecular flexibility index (Phi) is 4.61. The lowest BCUT2D eigenvalue weighted by Gasteiger charge is -2.12. The van der Waals surface area contributed by atoms with Crippen LogP contribution in [0.1, 0.15) is 17.9 Å². The van der Waals surface area contributed by atoms with Gasteiger partial charge in [-0.1, -0.05) is 12.1 Å². The lowest BCUT2D eigenvalue weighted by molar-refractivity contribution is 0.199. The molecule has 1 fully saturated rings. The normalized spacial score (nSPS) is 21.9. The fraction of sp³-hybridized carbons (Fsp3) is 0.600. The van der Waals surface area contributed by atoms with Crippen LogP contribution in [0.15, 0.2) is 24.3 Å². The van der Waals surface area contributed by atoms with Crippen LogP contribution in [0.5, 0.6) is 0 Å². The predicted octanol–water partition coefficient (Wildman–Crippen LogP) is 2.09. The first-order valence-electron chi connectivity index (χ1n) is 6.69. The van der Waals surface area contributed by atoms with E-state index in [2.05, 4.69) is 48.6 Å². The van der Waals surface area contributed by atoms with Gasteiger partial charge in [-0.2, -0.15) is 0 Å². The third-order valence-electron chi connectivity index (χ3n) is 3.65. The second-order valence-corrected chi connectivity index (χ2v) is 5.29. The average molecular weight is 248 g/mol. The molecule has 2 rings (SSSR count). The van der Waals surface area contributed by atoms with E-state index in [-0.39, 0.29) is 0 Å². The van der Waals surface area contributed by atoms with Gasteiger partial charge in [0.05, 0.1) is 6.61 Å². The van der Waals surface area contributed by atoms with Gasteiger partial charge in [0, 0.05) is 33.4 Å². The third-order valence-corrected chi connectivity index (χ3v) is 3.65. The van der Waals surface area contributed by atoms with Gasteiger partial charge in [-0.15, -0.1) is 0 Å². The summed E-state index contributed by atoms with van der Waals surface area (Å²) < 4.78 is 5.02. The molecule has 2 unspecified atom stereocenters. The van der Waals surface area contributed by atoms with Crippen LogP contribution in [0.2, 0.25) is 0 Å². The highest BCUT2D eigenvalue weighted by Crippen LogP contribution is 2.47. The molecule has 0 bridgehead atoms. The van der Waals surface area contributed by atoms with E-state index < -0.39 is 0 Å². The molecule has 0 radical (unpaired) electrons. The first kappa shape index (κ1) is 13.4. The van der Waals surface area contributed by atoms with Crippen LogP contribution in [0.25, 0.3) is 0 Å². The number of ether oxygens (including phenoxy) is 1. The van der Waals surface area contributed by atoms with Crippen molar-refractivity contribution < 1.29 is 4.74 Å². The molecule has 0 aliphatic heterocycles. The lowest BCUT2D eigenvalue weighted by atomic mass is 10.1. The summed E-state index contributed by atoms with van der Waals surface area (Å²) >= 11 is 0. The van der Waals surface area contributed by atoms with Crippen molar-refractivity contribution in [1.29, 1.82) is 0 Å². The maximum absolute atomic E-state index is 5.02. The van der Waals surface area contributed by atoms with Crippen LogP contribution in [0.4, 0.5) is 5.69 Å². The number of anilines is 1. The zero-order valence-corrected chi connectivity index (χ0v) is 11.6. The van der Waals surface area contributed by atoms with Crippen LogP contribution in [0, 0.1) is 5.92 Å². The minimum absolute atomic E-state index is 0.760. The standard InChI is InChI=1S/C15H24N2O/c1-17(2)14-6-4-12(5-7-14)15-10-13(15)11-16-8-9-18-3/h4-7,13,15-16H,8-11H2,1-3H3. The Bertz CT molecular complexity index is 361. The molecule has 0 heterocycles. The summed E-state index contributed by atoms with van der Waals surface area (Å²) in [5.41, 5.74) is 2.76. The summed E-state index contributed by atoms with van der Waals surface area (Å²) in [7, 11) is 5.90. The monoisotopic (exact) mass is 248 g/mol. The lowest BCUT2D eigenvalue weighted by Crippen LogP contribution is -2.21. The van der Waals surface area contributed by atoms with Crippen molar-refractivity contribution in [2.45, 2.75) is 12.3 Å². The molecule has 1 aromatic rings. The molecule has 0 spiro atoms. The SMILES string of the molecule is COCCNCC1CC1c1ccc(N(C)C)cc1. The number of nitrogens with one attached hydrogen (secondary N) is 1. The molecule has 2 atom stereocenters. The van der Waals surface area contributed by atoms with Gasteiger partial charge in [0.15, 0.2) is 0 Å². The van der Waals surface area contributed by atoms with Crippen LogP contribution in [0.3, 0.4) is 0 Å². The van der Waals surface area contributed by atoms with Gasteiger partial charge in [-0.3, -0.25) is 0 Å². The smallest absolute Gasteiger partial charge is 0.0587 e. The van der Waals surface area contributed by atoms with E-state index in [0.717, 1.165) is 31.5 Å². The van der Waals surface area contributed by atoms with E-state index in [1.54, 1.807) is 7.11 Å². The van der Waals surface area contributed by atoms with Gasteiger partial charge in [0.1, 0.15) is 0 Å². The number of hydrogen-bond acceptors (Lipinski definition) is 3. The molecule has 0 amide bonds. The van der Waals surface area contributed by atoms with Crippen LogP contribution < -0.4 is 10.2 Å². The summed E-state index contributed by atoms with van der Waals surface area (Å²) in [5.74, 6) is 1.57. The minimum atomic E-state index is 0.760. The van der Waals surface area contributed by atoms with Crippen molar-refractivity contribution in [3.63, 3.8) is 0 Å². The number of benzene rings is 1. The van der Waals surface area contributed by atoms with Crippen LogP contribution in [-0.4, -0.2) is 40.9 Å². The van der Waals surface area contributed by atoms with E-state index in [1.165, 1.54) is 17.7 Å². The Morgan fingerprint density at radius 1 is 1.28 bits per heavy atom. The second kappa shape index (κ2) is 6.21. The first-order chi connectivity index (χ1) is 8.72. The van der Waals surface area contributed by atoms with E-state index in [4.69, 9.17) is 4.74 Å². The van der Waals surface area contributed by atoms with Crippen molar-refractivity contribution in [2.75, 3.05) is 45.8 Å². The topological polar surface area (TPSA) is 24.5 Å². The maximum atomic E-state index is 5.02. The van der Waals surface area contributed by atoms with E-state index >= 15 is 0 Å². The van der Waals surface area contributed by atoms with Crippen molar-refractivity contribution >= 4 is 5.69 Å². The van der Waals surface area contributed by atoms with Gasteiger partial charge < -0.3 is 15.0 Å². The van der Waals surface area contributed by atoms with Gasteiger partial charge in [0.25, 0.3) is 0 Å². The van der Waals surface area contributed by atoms with Gasteiger partial charge in [0.2, 0.25) is 0 Å². The Labute approximate surface area is 110 Å². The molecule has 1 N–H and O–H groups in total. The largest absolute Gasteiger partial charge is 0.383 e. The third kappa shape index (κ3) is 3.47. The maximum Gasteiger partial charge on any atom is 0.0587 e. The Morgan fingerprint density at radius 3 is 2.61 bits per heavy atom. The average Bonchev–Trinajstić information content (AvgIpc) is 3.14. The van der Waals surface area contributed by atoms with Gasteiger partial charge in [-0.25, -0.2) is 0 Å². The van der Waals surface area contributed by atoms with E-state index in [1.807, 2.05) is 0 Å². The summed E-state index contributed by atoms with van der Waals surface area (Å²) in [6.45, 7) is 2.87. The minimum Gasteiger partial charge on any atom is -0.383 e. The summed E-state index contributed by atoms with van der Waals surface area (Å²) in [5, 5.41) is 3.44. The number of methoxy groups -OCH3 is 1. The molecule has 1 saturated carbocycles. The molecule has 3 nitrogen and oxygen atoms in total.